The van der Waals surface area contributed by atoms with Crippen molar-refractivity contribution in [3.8, 4) is 0 Å². The van der Waals surface area contributed by atoms with E-state index in [0.717, 1.165) is 77.0 Å². The van der Waals surface area contributed by atoms with Crippen LogP contribution in [0.25, 0.3) is 0 Å². The standard InChI is InChI=1S/C48H86NO8P/c1-6-8-10-12-14-16-18-20-22-23-24-25-27-29-31-33-35-37-39-41-48(51)57-46(45-56-58(52,53)55-43-42-49(3,4)5)44-54-47(50)40-38-36-34-32-30-28-26-21-19-17-15-13-11-9-7-2/h14,16,20-22,24-26,29,31,46H,6-13,15,17-19,23,27-28,30,32-45H2,1-5H3/p+1/b16-14-,22-20-,25-24-,26-21-,31-29-. The highest BCUT2D eigenvalue weighted by molar-refractivity contribution is 7.47. The van der Waals surface area contributed by atoms with E-state index in [2.05, 4.69) is 74.6 Å². The third-order valence-electron chi connectivity index (χ3n) is 9.52. The van der Waals surface area contributed by atoms with Crippen LogP contribution in [0.1, 0.15) is 181 Å². The highest BCUT2D eigenvalue weighted by Gasteiger charge is 2.27. The van der Waals surface area contributed by atoms with Gasteiger partial charge >= 0.3 is 19.8 Å². The van der Waals surface area contributed by atoms with Crippen LogP contribution in [-0.2, 0) is 32.7 Å². The fourth-order valence-electron chi connectivity index (χ4n) is 5.87. The Morgan fingerprint density at radius 2 is 0.931 bits per heavy atom. The summed E-state index contributed by atoms with van der Waals surface area (Å²) >= 11 is 0. The lowest BCUT2D eigenvalue weighted by Gasteiger charge is -2.24. The van der Waals surface area contributed by atoms with Crippen LogP contribution >= 0.6 is 7.82 Å². The first-order valence-electron chi connectivity index (χ1n) is 23.0. The molecule has 0 aliphatic carbocycles. The molecule has 1 N–H and O–H groups in total. The van der Waals surface area contributed by atoms with Crippen molar-refractivity contribution in [2.45, 2.75) is 187 Å². The average molecular weight is 837 g/mol. The Kier molecular flexibility index (Phi) is 38.5. The van der Waals surface area contributed by atoms with Crippen molar-refractivity contribution in [3.63, 3.8) is 0 Å². The zero-order valence-corrected chi connectivity index (χ0v) is 38.7. The van der Waals surface area contributed by atoms with Gasteiger partial charge in [-0.15, -0.1) is 0 Å². The first-order chi connectivity index (χ1) is 28.0. The van der Waals surface area contributed by atoms with Gasteiger partial charge in [0.1, 0.15) is 19.8 Å². The molecule has 9 nitrogen and oxygen atoms in total. The number of rotatable bonds is 41. The number of allylic oxidation sites excluding steroid dienone is 10. The summed E-state index contributed by atoms with van der Waals surface area (Å²) < 4.78 is 34.3. The van der Waals surface area contributed by atoms with E-state index in [1.54, 1.807) is 0 Å². The van der Waals surface area contributed by atoms with E-state index in [0.29, 0.717) is 17.4 Å². The summed E-state index contributed by atoms with van der Waals surface area (Å²) in [4.78, 5) is 35.4. The van der Waals surface area contributed by atoms with Crippen molar-refractivity contribution in [3.05, 3.63) is 60.8 Å². The van der Waals surface area contributed by atoms with Crippen LogP contribution in [0.2, 0.25) is 0 Å². The van der Waals surface area contributed by atoms with Gasteiger partial charge in [-0.25, -0.2) is 4.57 Å². The molecule has 0 aromatic carbocycles. The number of phosphoric acid groups is 1. The topological polar surface area (TPSA) is 108 Å². The molecule has 0 aliphatic rings. The number of ether oxygens (including phenoxy) is 2. The second-order valence-corrected chi connectivity index (χ2v) is 17.9. The fraction of sp³-hybridized carbons (Fsp3) is 0.750. The lowest BCUT2D eigenvalue weighted by atomic mass is 10.1. The Morgan fingerprint density at radius 3 is 1.45 bits per heavy atom. The largest absolute Gasteiger partial charge is 0.472 e. The smallest absolute Gasteiger partial charge is 0.462 e. The van der Waals surface area contributed by atoms with E-state index < -0.39 is 26.5 Å². The molecule has 0 amide bonds. The molecule has 2 atom stereocenters. The molecule has 0 saturated heterocycles. The van der Waals surface area contributed by atoms with Gasteiger partial charge in [-0.2, -0.15) is 0 Å². The fourth-order valence-corrected chi connectivity index (χ4v) is 6.61. The third-order valence-corrected chi connectivity index (χ3v) is 10.5. The maximum atomic E-state index is 12.7. The monoisotopic (exact) mass is 837 g/mol. The number of unbranched alkanes of at least 4 members (excludes halogenated alkanes) is 17. The maximum absolute atomic E-state index is 12.7. The SMILES string of the molecule is CCCCC/C=C\C/C=C\C/C=C\C/C=C\CCCCCC(=O)OC(COC(=O)CCCCCCC/C=C\CCCCCCCC)COP(=O)(O)OCC[N+](C)(C)C. The normalized spacial score (nSPS) is 14.1. The first kappa shape index (κ1) is 55.7. The number of carbonyl (C=O) groups is 2. The van der Waals surface area contributed by atoms with E-state index in [4.69, 9.17) is 18.5 Å². The van der Waals surface area contributed by atoms with Crippen molar-refractivity contribution in [2.75, 3.05) is 47.5 Å². The first-order valence-corrected chi connectivity index (χ1v) is 24.5. The lowest BCUT2D eigenvalue weighted by molar-refractivity contribution is -0.870. The van der Waals surface area contributed by atoms with Gasteiger partial charge < -0.3 is 18.9 Å². The summed E-state index contributed by atoms with van der Waals surface area (Å²) in [5, 5.41) is 0. The maximum Gasteiger partial charge on any atom is 0.472 e. The Labute approximate surface area is 356 Å². The molecule has 10 heteroatoms. The van der Waals surface area contributed by atoms with Crippen LogP contribution < -0.4 is 0 Å². The van der Waals surface area contributed by atoms with E-state index in [9.17, 15) is 19.0 Å². The van der Waals surface area contributed by atoms with Crippen molar-refractivity contribution in [1.29, 1.82) is 0 Å². The van der Waals surface area contributed by atoms with Crippen LogP contribution in [-0.4, -0.2) is 74.9 Å². The molecule has 336 valence electrons. The van der Waals surface area contributed by atoms with Gasteiger partial charge in [0.05, 0.1) is 27.7 Å². The summed E-state index contributed by atoms with van der Waals surface area (Å²) in [7, 11) is 1.44. The molecule has 58 heavy (non-hydrogen) atoms. The highest BCUT2D eigenvalue weighted by atomic mass is 31.2. The predicted molar refractivity (Wildman–Crippen MR) is 243 cm³/mol. The summed E-state index contributed by atoms with van der Waals surface area (Å²) in [6, 6.07) is 0. The minimum Gasteiger partial charge on any atom is -0.462 e. The minimum absolute atomic E-state index is 0.0216. The molecule has 0 bridgehead atoms. The quantitative estimate of drug-likeness (QED) is 0.0213. The average Bonchev–Trinajstić information content (AvgIpc) is 3.17. The number of hydrogen-bond acceptors (Lipinski definition) is 7. The van der Waals surface area contributed by atoms with Crippen molar-refractivity contribution in [2.24, 2.45) is 0 Å². The number of nitrogens with zero attached hydrogens (tertiary/aromatic N) is 1. The van der Waals surface area contributed by atoms with Gasteiger partial charge in [-0.3, -0.25) is 18.6 Å². The number of hydrogen-bond donors (Lipinski definition) is 1. The zero-order valence-electron chi connectivity index (χ0n) is 37.8. The van der Waals surface area contributed by atoms with E-state index in [-0.39, 0.29) is 32.0 Å². The highest BCUT2D eigenvalue weighted by Crippen LogP contribution is 2.43. The zero-order chi connectivity index (χ0) is 42.8. The second kappa shape index (κ2) is 40.1. The number of carbonyl (C=O) groups excluding carboxylic acids is 2. The second-order valence-electron chi connectivity index (χ2n) is 16.4. The number of esters is 2. The summed E-state index contributed by atoms with van der Waals surface area (Å²) in [5.74, 6) is -0.847. The Hall–Kier alpha value is -2.29. The van der Waals surface area contributed by atoms with Crippen LogP contribution in [0.4, 0.5) is 0 Å². The minimum atomic E-state index is -4.39. The molecule has 2 unspecified atom stereocenters. The molecule has 0 aromatic rings. The van der Waals surface area contributed by atoms with Crippen LogP contribution in [0.3, 0.4) is 0 Å². The Morgan fingerprint density at radius 1 is 0.534 bits per heavy atom. The van der Waals surface area contributed by atoms with Crippen molar-refractivity contribution >= 4 is 19.8 Å². The van der Waals surface area contributed by atoms with Gasteiger partial charge in [-0.05, 0) is 83.5 Å². The van der Waals surface area contributed by atoms with Crippen molar-refractivity contribution < 1.29 is 42.1 Å². The molecular formula is C48H87NO8P+. The van der Waals surface area contributed by atoms with Crippen LogP contribution in [0.5, 0.6) is 0 Å². The van der Waals surface area contributed by atoms with Gasteiger partial charge in [0, 0.05) is 12.8 Å². The van der Waals surface area contributed by atoms with Gasteiger partial charge in [-0.1, -0.05) is 145 Å². The number of quaternary nitrogens is 1. The van der Waals surface area contributed by atoms with Gasteiger partial charge in [0.2, 0.25) is 0 Å². The van der Waals surface area contributed by atoms with Gasteiger partial charge in [0.15, 0.2) is 6.10 Å². The third kappa shape index (κ3) is 43.3. The molecular weight excluding hydrogens is 750 g/mol. The molecule has 0 fully saturated rings. The lowest BCUT2D eigenvalue weighted by Crippen LogP contribution is -2.37. The summed E-state index contributed by atoms with van der Waals surface area (Å²) in [6.07, 6.45) is 48.4. The number of likely N-dealkylation sites (N-methyl/N-ethyl adjacent to an activating group) is 1. The summed E-state index contributed by atoms with van der Waals surface area (Å²) in [5.41, 5.74) is 0. The van der Waals surface area contributed by atoms with Gasteiger partial charge in [0.25, 0.3) is 0 Å². The van der Waals surface area contributed by atoms with Crippen LogP contribution in [0.15, 0.2) is 60.8 Å². The molecule has 0 heterocycles. The molecule has 0 aliphatic heterocycles. The Balaban J connectivity index is 4.43. The Bertz CT molecular complexity index is 1170. The van der Waals surface area contributed by atoms with Crippen LogP contribution in [0, 0.1) is 0 Å². The molecule has 0 rings (SSSR count). The molecule has 0 radical (unpaired) electrons. The van der Waals surface area contributed by atoms with E-state index in [1.165, 1.54) is 70.6 Å². The van der Waals surface area contributed by atoms with Crippen molar-refractivity contribution in [1.82, 2.24) is 0 Å². The summed E-state index contributed by atoms with van der Waals surface area (Å²) in [6.45, 7) is 4.33. The van der Waals surface area contributed by atoms with E-state index >= 15 is 0 Å². The molecule has 0 spiro atoms. The predicted octanol–water partition coefficient (Wildman–Crippen LogP) is 13.2. The molecule has 0 saturated carbocycles. The van der Waals surface area contributed by atoms with E-state index in [1.807, 2.05) is 21.1 Å². The number of phosphoric ester groups is 1. The molecule has 0 aromatic heterocycles.